The molecule has 0 bridgehead atoms. The van der Waals surface area contributed by atoms with Crippen molar-refractivity contribution in [1.82, 2.24) is 0 Å². The zero-order valence-electron chi connectivity index (χ0n) is 19.5. The van der Waals surface area contributed by atoms with E-state index in [-0.39, 0.29) is 18.3 Å². The highest BCUT2D eigenvalue weighted by Crippen LogP contribution is 2.37. The SMILES string of the molecule is CCSCCCOc1cc(C)c(-c2cccc(B3OC(C)(C)C(C)(C)O3)c2)c(C)c1. The number of benzene rings is 2. The molecule has 1 saturated heterocycles. The van der Waals surface area contributed by atoms with E-state index in [0.717, 1.165) is 35.7 Å². The standard InChI is InChI=1S/C25H35BO3S/c1-8-30-14-10-13-27-22-15-18(2)23(19(3)16-22)20-11-9-12-21(17-20)26-28-24(4,5)25(6,7)29-26/h9,11-12,15-17H,8,10,13-14H2,1-7H3. The van der Waals surface area contributed by atoms with E-state index in [1.807, 2.05) is 11.8 Å². The van der Waals surface area contributed by atoms with Crippen LogP contribution < -0.4 is 10.2 Å². The third-order valence-corrected chi connectivity index (χ3v) is 7.10. The van der Waals surface area contributed by atoms with E-state index in [9.17, 15) is 0 Å². The van der Waals surface area contributed by atoms with Crippen LogP contribution in [0.15, 0.2) is 36.4 Å². The molecule has 1 aliphatic rings. The highest BCUT2D eigenvalue weighted by Gasteiger charge is 2.51. The van der Waals surface area contributed by atoms with Crippen molar-refractivity contribution in [2.75, 3.05) is 18.1 Å². The van der Waals surface area contributed by atoms with Gasteiger partial charge < -0.3 is 14.0 Å². The molecular weight excluding hydrogens is 391 g/mol. The van der Waals surface area contributed by atoms with E-state index in [0.29, 0.717) is 0 Å². The summed E-state index contributed by atoms with van der Waals surface area (Å²) in [6.07, 6.45) is 1.08. The van der Waals surface area contributed by atoms with Gasteiger partial charge in [-0.3, -0.25) is 0 Å². The quantitative estimate of drug-likeness (QED) is 0.394. The van der Waals surface area contributed by atoms with Crippen molar-refractivity contribution in [2.45, 2.75) is 66.1 Å². The summed E-state index contributed by atoms with van der Waals surface area (Å²) in [5, 5.41) is 0. The van der Waals surface area contributed by atoms with Crippen LogP contribution in [-0.2, 0) is 9.31 Å². The van der Waals surface area contributed by atoms with E-state index in [2.05, 4.69) is 84.9 Å². The van der Waals surface area contributed by atoms with Crippen LogP contribution in [0.1, 0.15) is 52.2 Å². The van der Waals surface area contributed by atoms with Crippen LogP contribution >= 0.6 is 11.8 Å². The fourth-order valence-electron chi connectivity index (χ4n) is 3.78. The monoisotopic (exact) mass is 426 g/mol. The highest BCUT2D eigenvalue weighted by atomic mass is 32.2. The maximum Gasteiger partial charge on any atom is 0.494 e. The summed E-state index contributed by atoms with van der Waals surface area (Å²) >= 11 is 1.96. The number of hydrogen-bond acceptors (Lipinski definition) is 4. The molecule has 0 aromatic heterocycles. The first-order valence-electron chi connectivity index (χ1n) is 10.9. The zero-order chi connectivity index (χ0) is 21.9. The molecule has 0 spiro atoms. The minimum Gasteiger partial charge on any atom is -0.494 e. The second-order valence-corrected chi connectivity index (χ2v) is 10.4. The molecule has 0 unspecified atom stereocenters. The van der Waals surface area contributed by atoms with Gasteiger partial charge in [0.05, 0.1) is 17.8 Å². The third-order valence-electron chi connectivity index (χ3n) is 6.11. The van der Waals surface area contributed by atoms with Crippen molar-refractivity contribution in [3.8, 4) is 16.9 Å². The Balaban J connectivity index is 1.79. The summed E-state index contributed by atoms with van der Waals surface area (Å²) in [6.45, 7) is 15.6. The lowest BCUT2D eigenvalue weighted by molar-refractivity contribution is 0.00578. The first-order chi connectivity index (χ1) is 14.1. The first-order valence-corrected chi connectivity index (χ1v) is 12.1. The first kappa shape index (κ1) is 23.2. The van der Waals surface area contributed by atoms with Crippen molar-refractivity contribution in [3.63, 3.8) is 0 Å². The van der Waals surface area contributed by atoms with Gasteiger partial charge in [0.2, 0.25) is 0 Å². The Kier molecular flexibility index (Phi) is 7.26. The smallest absolute Gasteiger partial charge is 0.494 e. The van der Waals surface area contributed by atoms with Gasteiger partial charge in [-0.15, -0.1) is 0 Å². The van der Waals surface area contributed by atoms with Crippen molar-refractivity contribution in [1.29, 1.82) is 0 Å². The topological polar surface area (TPSA) is 27.7 Å². The Morgan fingerprint density at radius 2 is 1.60 bits per heavy atom. The molecule has 5 heteroatoms. The van der Waals surface area contributed by atoms with Gasteiger partial charge >= 0.3 is 7.12 Å². The molecule has 162 valence electrons. The average molecular weight is 426 g/mol. The molecule has 1 aliphatic heterocycles. The molecule has 0 aliphatic carbocycles. The Bertz CT molecular complexity index is 839. The maximum absolute atomic E-state index is 6.25. The summed E-state index contributed by atoms with van der Waals surface area (Å²) in [4.78, 5) is 0. The van der Waals surface area contributed by atoms with E-state index >= 15 is 0 Å². The molecule has 3 nitrogen and oxygen atoms in total. The van der Waals surface area contributed by atoms with E-state index < -0.39 is 0 Å². The van der Waals surface area contributed by atoms with Gasteiger partial charge in [0.1, 0.15) is 5.75 Å². The Labute approximate surface area is 187 Å². The molecule has 1 fully saturated rings. The van der Waals surface area contributed by atoms with Gasteiger partial charge in [-0.1, -0.05) is 31.2 Å². The van der Waals surface area contributed by atoms with Crippen LogP contribution in [-0.4, -0.2) is 36.4 Å². The summed E-state index contributed by atoms with van der Waals surface area (Å²) < 4.78 is 18.5. The normalized spacial score (nSPS) is 17.4. The number of rotatable bonds is 8. The highest BCUT2D eigenvalue weighted by molar-refractivity contribution is 7.99. The van der Waals surface area contributed by atoms with Crippen LogP contribution in [0.3, 0.4) is 0 Å². The number of thioether (sulfide) groups is 1. The van der Waals surface area contributed by atoms with E-state index in [4.69, 9.17) is 14.0 Å². The Hall–Kier alpha value is -1.43. The molecule has 1 heterocycles. The molecule has 0 amide bonds. The predicted octanol–water partition coefficient (Wildman–Crippen LogP) is 5.79. The molecule has 2 aromatic rings. The van der Waals surface area contributed by atoms with Gasteiger partial charge in [0, 0.05) is 0 Å². The summed E-state index contributed by atoms with van der Waals surface area (Å²) in [5.74, 6) is 3.27. The summed E-state index contributed by atoms with van der Waals surface area (Å²) in [5.41, 5.74) is 5.25. The van der Waals surface area contributed by atoms with Crippen molar-refractivity contribution < 1.29 is 14.0 Å². The molecule has 0 N–H and O–H groups in total. The Morgan fingerprint density at radius 1 is 0.967 bits per heavy atom. The van der Waals surface area contributed by atoms with Gasteiger partial charge in [-0.05, 0) is 99.3 Å². The van der Waals surface area contributed by atoms with Crippen LogP contribution in [0.4, 0.5) is 0 Å². The number of hydrogen-bond donors (Lipinski definition) is 0. The van der Waals surface area contributed by atoms with Crippen LogP contribution in [0.2, 0.25) is 0 Å². The lowest BCUT2D eigenvalue weighted by Gasteiger charge is -2.32. The van der Waals surface area contributed by atoms with Crippen molar-refractivity contribution in [2.24, 2.45) is 0 Å². The van der Waals surface area contributed by atoms with Crippen LogP contribution in [0.5, 0.6) is 5.75 Å². The third kappa shape index (κ3) is 5.07. The summed E-state index contributed by atoms with van der Waals surface area (Å²) in [7, 11) is -0.348. The molecular formula is C25H35BO3S. The minimum absolute atomic E-state index is 0.339. The minimum atomic E-state index is -0.348. The molecule has 0 atom stereocenters. The van der Waals surface area contributed by atoms with Crippen molar-refractivity contribution in [3.05, 3.63) is 47.5 Å². The van der Waals surface area contributed by atoms with E-state index in [1.165, 1.54) is 22.3 Å². The Morgan fingerprint density at radius 3 is 2.20 bits per heavy atom. The average Bonchev–Trinajstić information content (AvgIpc) is 2.89. The van der Waals surface area contributed by atoms with Gasteiger partial charge in [0.15, 0.2) is 0 Å². The second-order valence-electron chi connectivity index (χ2n) is 9.04. The van der Waals surface area contributed by atoms with Gasteiger partial charge in [-0.2, -0.15) is 11.8 Å². The van der Waals surface area contributed by atoms with Gasteiger partial charge in [0.25, 0.3) is 0 Å². The fraction of sp³-hybridized carbons (Fsp3) is 0.520. The number of aryl methyl sites for hydroxylation is 2. The van der Waals surface area contributed by atoms with Crippen LogP contribution in [0.25, 0.3) is 11.1 Å². The summed E-state index contributed by atoms with van der Waals surface area (Å²) in [6, 6.07) is 12.8. The fourth-order valence-corrected chi connectivity index (χ4v) is 4.39. The molecule has 30 heavy (non-hydrogen) atoms. The molecule has 2 aromatic carbocycles. The van der Waals surface area contributed by atoms with E-state index in [1.54, 1.807) is 0 Å². The van der Waals surface area contributed by atoms with Crippen molar-refractivity contribution >= 4 is 24.3 Å². The molecule has 0 radical (unpaired) electrons. The number of ether oxygens (including phenoxy) is 1. The lowest BCUT2D eigenvalue weighted by Crippen LogP contribution is -2.41. The lowest BCUT2D eigenvalue weighted by atomic mass is 9.77. The largest absolute Gasteiger partial charge is 0.494 e. The maximum atomic E-state index is 6.25. The molecule has 3 rings (SSSR count). The second kappa shape index (κ2) is 9.38. The predicted molar refractivity (Wildman–Crippen MR) is 130 cm³/mol. The molecule has 0 saturated carbocycles. The van der Waals surface area contributed by atoms with Gasteiger partial charge in [-0.25, -0.2) is 0 Å². The van der Waals surface area contributed by atoms with Crippen LogP contribution in [0, 0.1) is 13.8 Å². The zero-order valence-corrected chi connectivity index (χ0v) is 20.3.